The molecule has 0 saturated carbocycles. The summed E-state index contributed by atoms with van der Waals surface area (Å²) in [4.78, 5) is 20.0. The normalized spacial score (nSPS) is 12.8. The summed E-state index contributed by atoms with van der Waals surface area (Å²) in [6.45, 7) is 0. The van der Waals surface area contributed by atoms with Crippen LogP contribution in [0.15, 0.2) is 18.2 Å². The average Bonchev–Trinajstić information content (AvgIpc) is 2.26. The van der Waals surface area contributed by atoms with E-state index in [1.54, 1.807) is 0 Å². The van der Waals surface area contributed by atoms with E-state index in [0.717, 1.165) is 0 Å². The van der Waals surface area contributed by atoms with Crippen LogP contribution in [0.5, 0.6) is 5.75 Å². The Balaban J connectivity index is 3.30. The Morgan fingerprint density at radius 3 is 2.42 bits per heavy atom. The number of hydrogen-bond donors (Lipinski definition) is 2. The molecule has 0 aliphatic heterocycles. The largest absolute Gasteiger partial charge is 0.573 e. The van der Waals surface area contributed by atoms with E-state index >= 15 is 0 Å². The molecule has 1 aromatic rings. The van der Waals surface area contributed by atoms with Crippen molar-refractivity contribution in [2.24, 2.45) is 0 Å². The lowest BCUT2D eigenvalue weighted by Gasteiger charge is -2.14. The lowest BCUT2D eigenvalue weighted by atomic mass is 10.1. The van der Waals surface area contributed by atoms with Crippen molar-refractivity contribution in [3.8, 4) is 5.75 Å². The highest BCUT2D eigenvalue weighted by Gasteiger charge is 2.34. The van der Waals surface area contributed by atoms with Gasteiger partial charge in [0.15, 0.2) is 6.10 Å². The van der Waals surface area contributed by atoms with Crippen molar-refractivity contribution in [3.05, 3.63) is 33.9 Å². The number of nitrogens with zero attached hydrogens (tertiary/aromatic N) is 1. The second-order valence-corrected chi connectivity index (χ2v) is 3.27. The zero-order valence-corrected chi connectivity index (χ0v) is 8.92. The predicted octanol–water partition coefficient (Wildman–Crippen LogP) is 1.61. The number of hydrogen-bond acceptors (Lipinski definition) is 5. The molecule has 1 atom stereocenters. The number of rotatable bonds is 4. The third-order valence-corrected chi connectivity index (χ3v) is 1.96. The highest BCUT2D eigenvalue weighted by atomic mass is 19.4. The fraction of sp³-hybridized carbons (Fsp3) is 0.222. The van der Waals surface area contributed by atoms with E-state index < -0.39 is 40.4 Å². The standard InChI is InChI=1S/C9H6F3NO6/c10-9(11,12)19-6-2-1-4(13(17)18)3-5(6)7(14)8(15)16/h1-3,7,14H,(H,15,16). The summed E-state index contributed by atoms with van der Waals surface area (Å²) >= 11 is 0. The minimum atomic E-state index is -5.12. The molecule has 104 valence electrons. The van der Waals surface area contributed by atoms with Gasteiger partial charge in [0.05, 0.1) is 4.92 Å². The van der Waals surface area contributed by atoms with E-state index in [-0.39, 0.29) is 0 Å². The first-order valence-corrected chi connectivity index (χ1v) is 4.57. The van der Waals surface area contributed by atoms with E-state index in [4.69, 9.17) is 5.11 Å². The van der Waals surface area contributed by atoms with Crippen LogP contribution in [0.3, 0.4) is 0 Å². The molecule has 0 bridgehead atoms. The second-order valence-electron chi connectivity index (χ2n) is 3.27. The number of benzene rings is 1. The van der Waals surface area contributed by atoms with Gasteiger partial charge in [-0.25, -0.2) is 4.79 Å². The number of aliphatic hydroxyl groups is 1. The molecule has 0 fully saturated rings. The van der Waals surface area contributed by atoms with Crippen LogP contribution in [-0.4, -0.2) is 27.5 Å². The van der Waals surface area contributed by atoms with Crippen LogP contribution < -0.4 is 4.74 Å². The first kappa shape index (κ1) is 14.7. The Bertz CT molecular complexity index is 515. The number of carboxylic acid groups (broad SMARTS) is 1. The Labute approximate surface area is 103 Å². The highest BCUT2D eigenvalue weighted by molar-refractivity contribution is 5.75. The lowest BCUT2D eigenvalue weighted by molar-refractivity contribution is -0.385. The Kier molecular flexibility index (Phi) is 3.95. The average molecular weight is 281 g/mol. The zero-order chi connectivity index (χ0) is 14.8. The number of ether oxygens (including phenoxy) is 1. The van der Waals surface area contributed by atoms with E-state index in [1.165, 1.54) is 0 Å². The van der Waals surface area contributed by atoms with Crippen LogP contribution >= 0.6 is 0 Å². The van der Waals surface area contributed by atoms with E-state index in [1.807, 2.05) is 0 Å². The van der Waals surface area contributed by atoms with Crippen LogP contribution in [0.2, 0.25) is 0 Å². The van der Waals surface area contributed by atoms with Crippen LogP contribution in [0.1, 0.15) is 11.7 Å². The molecule has 0 aliphatic carbocycles. The number of carboxylic acids is 1. The number of nitro benzene ring substituents is 1. The van der Waals surface area contributed by atoms with Gasteiger partial charge in [-0.1, -0.05) is 0 Å². The summed E-state index contributed by atoms with van der Waals surface area (Å²) in [5, 5.41) is 28.2. The molecule has 0 aliphatic rings. The van der Waals surface area contributed by atoms with Crippen LogP contribution in [0.25, 0.3) is 0 Å². The van der Waals surface area contributed by atoms with Gasteiger partial charge < -0.3 is 14.9 Å². The molecular weight excluding hydrogens is 275 g/mol. The topological polar surface area (TPSA) is 110 Å². The van der Waals surface area contributed by atoms with Gasteiger partial charge >= 0.3 is 12.3 Å². The van der Waals surface area contributed by atoms with Crippen molar-refractivity contribution < 1.29 is 37.8 Å². The molecule has 0 aromatic heterocycles. The van der Waals surface area contributed by atoms with E-state index in [2.05, 4.69) is 4.74 Å². The predicted molar refractivity (Wildman–Crippen MR) is 52.4 cm³/mol. The number of aliphatic carboxylic acids is 1. The first-order valence-electron chi connectivity index (χ1n) is 4.57. The molecule has 0 radical (unpaired) electrons. The summed E-state index contributed by atoms with van der Waals surface area (Å²) in [6, 6.07) is 1.76. The molecule has 1 aromatic carbocycles. The molecule has 2 N–H and O–H groups in total. The first-order chi connectivity index (χ1) is 8.61. The van der Waals surface area contributed by atoms with Crippen molar-refractivity contribution in [3.63, 3.8) is 0 Å². The number of alkyl halides is 3. The molecule has 1 rings (SSSR count). The lowest BCUT2D eigenvalue weighted by Crippen LogP contribution is -2.20. The highest BCUT2D eigenvalue weighted by Crippen LogP contribution is 2.33. The number of halogens is 3. The molecular formula is C9H6F3NO6. The molecule has 0 amide bonds. The van der Waals surface area contributed by atoms with Crippen molar-refractivity contribution in [2.75, 3.05) is 0 Å². The van der Waals surface area contributed by atoms with E-state index in [0.29, 0.717) is 18.2 Å². The maximum atomic E-state index is 12.1. The molecule has 1 unspecified atom stereocenters. The quantitative estimate of drug-likeness (QED) is 0.640. The Morgan fingerprint density at radius 1 is 1.42 bits per heavy atom. The summed E-state index contributed by atoms with van der Waals surface area (Å²) in [6.07, 6.45) is -7.50. The zero-order valence-electron chi connectivity index (χ0n) is 8.92. The van der Waals surface area contributed by atoms with Gasteiger partial charge in [-0.3, -0.25) is 10.1 Å². The molecule has 7 nitrogen and oxygen atoms in total. The van der Waals surface area contributed by atoms with Crippen molar-refractivity contribution in [1.29, 1.82) is 0 Å². The Morgan fingerprint density at radius 2 is 2.00 bits per heavy atom. The molecule has 0 spiro atoms. The summed E-state index contributed by atoms with van der Waals surface area (Å²) in [5.41, 5.74) is -1.54. The fourth-order valence-electron chi connectivity index (χ4n) is 1.21. The van der Waals surface area contributed by atoms with Crippen molar-refractivity contribution in [1.82, 2.24) is 0 Å². The Hall–Kier alpha value is -2.36. The van der Waals surface area contributed by atoms with Gasteiger partial charge in [-0.15, -0.1) is 13.2 Å². The van der Waals surface area contributed by atoms with Crippen LogP contribution in [0, 0.1) is 10.1 Å². The SMILES string of the molecule is O=C(O)C(O)c1cc([N+](=O)[O-])ccc1OC(F)(F)F. The van der Waals surface area contributed by atoms with Crippen LogP contribution in [0.4, 0.5) is 18.9 Å². The van der Waals surface area contributed by atoms with Crippen molar-refractivity contribution >= 4 is 11.7 Å². The molecule has 0 saturated heterocycles. The minimum Gasteiger partial charge on any atom is -0.479 e. The second kappa shape index (κ2) is 5.10. The summed E-state index contributed by atoms with van der Waals surface area (Å²) in [7, 11) is 0. The van der Waals surface area contributed by atoms with Gasteiger partial charge in [0.25, 0.3) is 5.69 Å². The fourth-order valence-corrected chi connectivity index (χ4v) is 1.21. The molecule has 19 heavy (non-hydrogen) atoms. The van der Waals surface area contributed by atoms with Gasteiger partial charge in [-0.2, -0.15) is 0 Å². The van der Waals surface area contributed by atoms with Gasteiger partial charge in [0.1, 0.15) is 5.75 Å². The van der Waals surface area contributed by atoms with Gasteiger partial charge in [0, 0.05) is 17.7 Å². The number of aliphatic hydroxyl groups excluding tert-OH is 1. The molecule has 10 heteroatoms. The summed E-state index contributed by atoms with van der Waals surface area (Å²) in [5.74, 6) is -2.89. The van der Waals surface area contributed by atoms with Gasteiger partial charge in [0.2, 0.25) is 0 Å². The number of carbonyl (C=O) groups is 1. The third-order valence-electron chi connectivity index (χ3n) is 1.96. The number of nitro groups is 1. The maximum Gasteiger partial charge on any atom is 0.573 e. The third kappa shape index (κ3) is 3.81. The van der Waals surface area contributed by atoms with Crippen molar-refractivity contribution in [2.45, 2.75) is 12.5 Å². The van der Waals surface area contributed by atoms with E-state index in [9.17, 15) is 33.2 Å². The van der Waals surface area contributed by atoms with Crippen LogP contribution in [-0.2, 0) is 4.79 Å². The monoisotopic (exact) mass is 281 g/mol. The maximum absolute atomic E-state index is 12.1. The minimum absolute atomic E-state index is 0.500. The summed E-state index contributed by atoms with van der Waals surface area (Å²) < 4.78 is 39.7. The molecule has 0 heterocycles. The smallest absolute Gasteiger partial charge is 0.479 e. The van der Waals surface area contributed by atoms with Gasteiger partial charge in [-0.05, 0) is 6.07 Å². The number of non-ortho nitro benzene ring substituents is 1.